The van der Waals surface area contributed by atoms with Crippen LogP contribution in [0.1, 0.15) is 16.8 Å². The molecule has 1 aromatic heterocycles. The average Bonchev–Trinajstić information content (AvgIpc) is 2.25. The highest BCUT2D eigenvalue weighted by molar-refractivity contribution is 14.1. The highest BCUT2D eigenvalue weighted by atomic mass is 127. The molecule has 0 aliphatic rings. The maximum absolute atomic E-state index is 5.90. The lowest BCUT2D eigenvalue weighted by Gasteiger charge is -2.10. The number of hydrogen-bond donors (Lipinski definition) is 1. The summed E-state index contributed by atoms with van der Waals surface area (Å²) < 4.78 is 0.928. The van der Waals surface area contributed by atoms with Crippen LogP contribution in [0.4, 0.5) is 5.82 Å². The summed E-state index contributed by atoms with van der Waals surface area (Å²) in [5, 5.41) is 0. The van der Waals surface area contributed by atoms with E-state index in [0.717, 1.165) is 20.7 Å². The van der Waals surface area contributed by atoms with Crippen molar-refractivity contribution >= 4 is 28.4 Å². The number of aryl methyl sites for hydroxylation is 3. The van der Waals surface area contributed by atoms with Gasteiger partial charge in [0, 0.05) is 5.56 Å². The quantitative estimate of drug-likeness (QED) is 0.812. The van der Waals surface area contributed by atoms with Gasteiger partial charge in [-0.3, -0.25) is 0 Å². The van der Waals surface area contributed by atoms with Gasteiger partial charge in [0.2, 0.25) is 0 Å². The van der Waals surface area contributed by atoms with Crippen molar-refractivity contribution in [2.24, 2.45) is 0 Å². The molecule has 88 valence electrons. The van der Waals surface area contributed by atoms with E-state index in [4.69, 9.17) is 5.73 Å². The molecule has 0 radical (unpaired) electrons. The Kier molecular flexibility index (Phi) is 3.33. The van der Waals surface area contributed by atoms with Gasteiger partial charge < -0.3 is 5.73 Å². The van der Waals surface area contributed by atoms with E-state index in [2.05, 4.69) is 58.5 Å². The first-order valence-corrected chi connectivity index (χ1v) is 6.44. The third-order valence-corrected chi connectivity index (χ3v) is 4.08. The van der Waals surface area contributed by atoms with E-state index in [1.54, 1.807) is 0 Å². The van der Waals surface area contributed by atoms with Crippen LogP contribution >= 0.6 is 22.6 Å². The third kappa shape index (κ3) is 2.26. The van der Waals surface area contributed by atoms with Crippen LogP contribution in [-0.2, 0) is 0 Å². The summed E-state index contributed by atoms with van der Waals surface area (Å²) >= 11 is 2.17. The summed E-state index contributed by atoms with van der Waals surface area (Å²) in [6, 6.07) is 6.17. The van der Waals surface area contributed by atoms with Crippen molar-refractivity contribution in [3.63, 3.8) is 0 Å². The molecule has 0 saturated carbocycles. The Hall–Kier alpha value is -1.17. The Labute approximate surface area is 115 Å². The number of benzene rings is 1. The average molecular weight is 339 g/mol. The highest BCUT2D eigenvalue weighted by Crippen LogP contribution is 2.26. The van der Waals surface area contributed by atoms with Gasteiger partial charge in [0.25, 0.3) is 0 Å². The zero-order valence-corrected chi connectivity index (χ0v) is 12.2. The smallest absolute Gasteiger partial charge is 0.162 e. The second kappa shape index (κ2) is 4.60. The molecule has 3 nitrogen and oxygen atoms in total. The molecule has 0 atom stereocenters. The SMILES string of the molecule is Cc1cccc(C)c1-c1nc(C)c(I)c(N)n1. The monoisotopic (exact) mass is 339 g/mol. The van der Waals surface area contributed by atoms with Crippen LogP contribution in [0, 0.1) is 24.3 Å². The van der Waals surface area contributed by atoms with E-state index in [1.807, 2.05) is 13.0 Å². The predicted octanol–water partition coefficient (Wildman–Crippen LogP) is 3.26. The molecule has 0 aliphatic heterocycles. The molecule has 0 spiro atoms. The first kappa shape index (κ1) is 12.3. The van der Waals surface area contributed by atoms with E-state index in [9.17, 15) is 0 Å². The minimum atomic E-state index is 0.552. The van der Waals surface area contributed by atoms with Crippen LogP contribution in [0.15, 0.2) is 18.2 Å². The molecule has 0 amide bonds. The Morgan fingerprint density at radius 2 is 1.65 bits per heavy atom. The second-order valence-corrected chi connectivity index (χ2v) is 5.18. The summed E-state index contributed by atoms with van der Waals surface area (Å²) in [6.45, 7) is 6.08. The van der Waals surface area contributed by atoms with Crippen molar-refractivity contribution in [2.75, 3.05) is 5.73 Å². The molecule has 2 N–H and O–H groups in total. The van der Waals surface area contributed by atoms with E-state index in [0.29, 0.717) is 5.82 Å². The molecular formula is C13H14IN3. The minimum absolute atomic E-state index is 0.552. The predicted molar refractivity (Wildman–Crippen MR) is 78.8 cm³/mol. The van der Waals surface area contributed by atoms with E-state index < -0.39 is 0 Å². The van der Waals surface area contributed by atoms with Gasteiger partial charge in [-0.1, -0.05) is 18.2 Å². The topological polar surface area (TPSA) is 51.8 Å². The summed E-state index contributed by atoms with van der Waals surface area (Å²) in [5.41, 5.74) is 10.3. The van der Waals surface area contributed by atoms with Crippen molar-refractivity contribution in [3.8, 4) is 11.4 Å². The third-order valence-electron chi connectivity index (χ3n) is 2.75. The van der Waals surface area contributed by atoms with Crippen molar-refractivity contribution in [3.05, 3.63) is 38.6 Å². The number of nitrogens with zero attached hydrogens (tertiary/aromatic N) is 2. The van der Waals surface area contributed by atoms with Crippen LogP contribution < -0.4 is 5.73 Å². The lowest BCUT2D eigenvalue weighted by molar-refractivity contribution is 1.09. The summed E-state index contributed by atoms with van der Waals surface area (Å²) in [5.74, 6) is 1.27. The summed E-state index contributed by atoms with van der Waals surface area (Å²) in [7, 11) is 0. The molecular weight excluding hydrogens is 325 g/mol. The van der Waals surface area contributed by atoms with Gasteiger partial charge in [-0.05, 0) is 54.5 Å². The summed E-state index contributed by atoms with van der Waals surface area (Å²) in [4.78, 5) is 8.91. The molecule has 2 aromatic rings. The van der Waals surface area contributed by atoms with Crippen LogP contribution in [0.2, 0.25) is 0 Å². The van der Waals surface area contributed by atoms with Crippen LogP contribution in [0.25, 0.3) is 11.4 Å². The molecule has 0 bridgehead atoms. The number of halogens is 1. The molecule has 0 aliphatic carbocycles. The van der Waals surface area contributed by atoms with Crippen LogP contribution in [0.3, 0.4) is 0 Å². The van der Waals surface area contributed by atoms with Gasteiger partial charge in [-0.2, -0.15) is 0 Å². The van der Waals surface area contributed by atoms with Gasteiger partial charge in [0.05, 0.1) is 9.26 Å². The van der Waals surface area contributed by atoms with Gasteiger partial charge in [0.15, 0.2) is 5.82 Å². The number of hydrogen-bond acceptors (Lipinski definition) is 3. The Balaban J connectivity index is 2.69. The largest absolute Gasteiger partial charge is 0.383 e. The van der Waals surface area contributed by atoms with Crippen molar-refractivity contribution < 1.29 is 0 Å². The number of nitrogen functional groups attached to an aromatic ring is 1. The van der Waals surface area contributed by atoms with Crippen LogP contribution in [-0.4, -0.2) is 9.97 Å². The zero-order chi connectivity index (χ0) is 12.6. The van der Waals surface area contributed by atoms with Crippen molar-refractivity contribution in [1.82, 2.24) is 9.97 Å². The molecule has 1 heterocycles. The number of rotatable bonds is 1. The zero-order valence-electron chi connectivity index (χ0n) is 10.1. The van der Waals surface area contributed by atoms with Crippen LogP contribution in [0.5, 0.6) is 0 Å². The lowest BCUT2D eigenvalue weighted by Crippen LogP contribution is -2.03. The second-order valence-electron chi connectivity index (χ2n) is 4.10. The lowest BCUT2D eigenvalue weighted by atomic mass is 10.0. The summed E-state index contributed by atoms with van der Waals surface area (Å²) in [6.07, 6.45) is 0. The van der Waals surface area contributed by atoms with Gasteiger partial charge in [0.1, 0.15) is 5.82 Å². The first-order valence-electron chi connectivity index (χ1n) is 5.37. The molecule has 0 saturated heterocycles. The Bertz CT molecular complexity index is 536. The standard InChI is InChI=1S/C13H14IN3/c1-7-5-4-6-8(2)10(7)13-16-9(3)11(14)12(15)17-13/h4-6H,1-3H3,(H2,15,16,17). The number of aromatic nitrogens is 2. The van der Waals surface area contributed by atoms with E-state index in [-0.39, 0.29) is 0 Å². The minimum Gasteiger partial charge on any atom is -0.383 e. The maximum Gasteiger partial charge on any atom is 0.162 e. The molecule has 0 fully saturated rings. The fraction of sp³-hybridized carbons (Fsp3) is 0.231. The molecule has 17 heavy (non-hydrogen) atoms. The van der Waals surface area contributed by atoms with Crippen molar-refractivity contribution in [2.45, 2.75) is 20.8 Å². The van der Waals surface area contributed by atoms with Gasteiger partial charge in [-0.15, -0.1) is 0 Å². The van der Waals surface area contributed by atoms with Crippen molar-refractivity contribution in [1.29, 1.82) is 0 Å². The van der Waals surface area contributed by atoms with E-state index >= 15 is 0 Å². The van der Waals surface area contributed by atoms with E-state index in [1.165, 1.54) is 11.1 Å². The number of nitrogens with two attached hydrogens (primary N) is 1. The molecule has 2 rings (SSSR count). The highest BCUT2D eigenvalue weighted by Gasteiger charge is 2.12. The Morgan fingerprint density at radius 3 is 2.18 bits per heavy atom. The van der Waals surface area contributed by atoms with Gasteiger partial charge >= 0.3 is 0 Å². The molecule has 0 unspecified atom stereocenters. The maximum atomic E-state index is 5.90. The van der Waals surface area contributed by atoms with Gasteiger partial charge in [-0.25, -0.2) is 9.97 Å². The Morgan fingerprint density at radius 1 is 1.06 bits per heavy atom. The first-order chi connectivity index (χ1) is 8.00. The molecule has 1 aromatic carbocycles. The fourth-order valence-electron chi connectivity index (χ4n) is 1.86. The fourth-order valence-corrected chi connectivity index (χ4v) is 2.10. The molecule has 4 heteroatoms. The normalized spacial score (nSPS) is 10.6. The number of anilines is 1.